The molecule has 0 saturated carbocycles. The average Bonchev–Trinajstić information content (AvgIpc) is 3.31. The largest absolute Gasteiger partial charge is 0.705 e. The molecule has 6 atom stereocenters. The summed E-state index contributed by atoms with van der Waals surface area (Å²) in [6.07, 6.45) is -5.24. The fourth-order valence-corrected chi connectivity index (χ4v) is 4.97. The van der Waals surface area contributed by atoms with Crippen molar-refractivity contribution in [3.8, 4) is 0 Å². The SMILES string of the molecule is Cc1cccc2onc(Cn3c(=O)ccn([C@@H]4O[C@H](COP(=O)(O)O[P+](=O)O)C(O)[C@@H]4O)c3=O)c12. The molecule has 0 spiro atoms. The van der Waals surface area contributed by atoms with E-state index < -0.39 is 58.5 Å². The predicted octanol–water partition coefficient (Wildman–Crippen LogP) is -0.0896. The van der Waals surface area contributed by atoms with Gasteiger partial charge in [0.15, 0.2) is 11.8 Å². The number of nitrogens with zero attached hydrogens (tertiary/aromatic N) is 3. The van der Waals surface area contributed by atoms with Crippen LogP contribution in [0.4, 0.5) is 0 Å². The minimum absolute atomic E-state index is 0.251. The van der Waals surface area contributed by atoms with Crippen molar-refractivity contribution in [2.75, 3.05) is 6.61 Å². The van der Waals surface area contributed by atoms with E-state index >= 15 is 0 Å². The monoisotopic (exact) mass is 532 g/mol. The summed E-state index contributed by atoms with van der Waals surface area (Å²) in [4.78, 5) is 43.5. The van der Waals surface area contributed by atoms with E-state index in [-0.39, 0.29) is 6.54 Å². The number of phosphoric acid groups is 1. The van der Waals surface area contributed by atoms with E-state index in [1.54, 1.807) is 12.1 Å². The van der Waals surface area contributed by atoms with E-state index in [0.717, 1.165) is 27.0 Å². The van der Waals surface area contributed by atoms with Crippen LogP contribution in [0.1, 0.15) is 17.5 Å². The molecule has 4 N–H and O–H groups in total. The van der Waals surface area contributed by atoms with Crippen LogP contribution in [0.5, 0.6) is 0 Å². The van der Waals surface area contributed by atoms with Crippen LogP contribution < -0.4 is 11.2 Å². The molecule has 17 heteroatoms. The summed E-state index contributed by atoms with van der Waals surface area (Å²) in [5, 5.41) is 25.3. The zero-order valence-electron chi connectivity index (χ0n) is 17.9. The van der Waals surface area contributed by atoms with Gasteiger partial charge in [-0.05, 0) is 22.9 Å². The molecule has 35 heavy (non-hydrogen) atoms. The number of aromatic nitrogens is 3. The van der Waals surface area contributed by atoms with Crippen molar-refractivity contribution in [2.24, 2.45) is 0 Å². The predicted molar refractivity (Wildman–Crippen MR) is 115 cm³/mol. The molecular formula is C18H20N3O12P2+. The Bertz CT molecular complexity index is 1430. The highest BCUT2D eigenvalue weighted by Crippen LogP contribution is 2.51. The lowest BCUT2D eigenvalue weighted by Gasteiger charge is -2.18. The average molecular weight is 532 g/mol. The fraction of sp³-hybridized carbons (Fsp3) is 0.389. The van der Waals surface area contributed by atoms with Gasteiger partial charge in [-0.1, -0.05) is 17.3 Å². The van der Waals surface area contributed by atoms with E-state index in [9.17, 15) is 33.8 Å². The molecule has 1 aromatic carbocycles. The number of fused-ring (bicyclic) bond motifs is 1. The van der Waals surface area contributed by atoms with Gasteiger partial charge in [-0.3, -0.25) is 23.3 Å². The molecule has 1 fully saturated rings. The number of phosphoric ester groups is 1. The molecule has 4 rings (SSSR count). The van der Waals surface area contributed by atoms with Gasteiger partial charge in [0.05, 0.1) is 13.2 Å². The van der Waals surface area contributed by atoms with Crippen molar-refractivity contribution in [1.82, 2.24) is 14.3 Å². The molecular weight excluding hydrogens is 512 g/mol. The number of hydrogen-bond acceptors (Lipinski definition) is 11. The zero-order chi connectivity index (χ0) is 25.5. The summed E-state index contributed by atoms with van der Waals surface area (Å²) in [7, 11) is -8.41. The molecule has 1 saturated heterocycles. The van der Waals surface area contributed by atoms with Crippen molar-refractivity contribution in [3.05, 3.63) is 62.6 Å². The van der Waals surface area contributed by atoms with Crippen molar-refractivity contribution < 1.29 is 47.2 Å². The number of aliphatic hydroxyl groups is 2. The number of ether oxygens (including phenoxy) is 1. The van der Waals surface area contributed by atoms with E-state index in [0.29, 0.717) is 16.7 Å². The number of benzene rings is 1. The fourth-order valence-electron chi connectivity index (χ4n) is 3.74. The summed E-state index contributed by atoms with van der Waals surface area (Å²) in [5.41, 5.74) is 0.0595. The Hall–Kier alpha value is -2.58. The smallest absolute Gasteiger partial charge is 0.387 e. The van der Waals surface area contributed by atoms with Crippen LogP contribution in [0, 0.1) is 6.92 Å². The van der Waals surface area contributed by atoms with Gasteiger partial charge in [-0.2, -0.15) is 0 Å². The normalized spacial score (nSPS) is 24.5. The highest BCUT2D eigenvalue weighted by molar-refractivity contribution is 7.55. The summed E-state index contributed by atoms with van der Waals surface area (Å²) < 4.78 is 42.9. The number of aryl methyl sites for hydroxylation is 1. The van der Waals surface area contributed by atoms with E-state index in [2.05, 4.69) is 14.0 Å². The molecule has 3 heterocycles. The van der Waals surface area contributed by atoms with E-state index in [1.807, 2.05) is 13.0 Å². The Balaban J connectivity index is 1.59. The third-order valence-electron chi connectivity index (χ3n) is 5.37. The molecule has 0 radical (unpaired) electrons. The standard InChI is InChI=1S/C18H19N3O12P2/c1-9-3-2-4-11-14(9)10(19-32-11)7-21-13(22)5-6-20(18(21)25)17-16(24)15(23)12(31-17)8-30-35(28,29)33-34(26)27/h2-6,12,15-17,23-24H,7-8H2,1H3,(H-,26,27,28,29)/p+1/t12-,15?,16+,17-/m1/s1. The molecule has 0 bridgehead atoms. The molecule has 3 aromatic rings. The third kappa shape index (κ3) is 5.19. The minimum atomic E-state index is -4.96. The lowest BCUT2D eigenvalue weighted by atomic mass is 10.1. The van der Waals surface area contributed by atoms with E-state index in [4.69, 9.17) is 14.2 Å². The second-order valence-corrected chi connectivity index (χ2v) is 9.96. The van der Waals surface area contributed by atoms with Crippen molar-refractivity contribution in [1.29, 1.82) is 0 Å². The molecule has 1 aliphatic heterocycles. The van der Waals surface area contributed by atoms with Gasteiger partial charge < -0.3 is 19.5 Å². The van der Waals surface area contributed by atoms with Crippen LogP contribution in [-0.2, 0) is 29.2 Å². The van der Waals surface area contributed by atoms with Crippen LogP contribution in [0.25, 0.3) is 11.0 Å². The summed E-state index contributed by atoms with van der Waals surface area (Å²) in [6.45, 7) is 0.736. The van der Waals surface area contributed by atoms with E-state index in [1.165, 1.54) is 0 Å². The number of hydrogen-bond donors (Lipinski definition) is 4. The number of aliphatic hydroxyl groups excluding tert-OH is 2. The highest BCUT2D eigenvalue weighted by atomic mass is 31.2. The maximum absolute atomic E-state index is 13.1. The molecule has 0 aliphatic carbocycles. The van der Waals surface area contributed by atoms with Crippen molar-refractivity contribution in [2.45, 2.75) is 38.0 Å². The van der Waals surface area contributed by atoms with Crippen LogP contribution in [-0.4, -0.2) is 59.2 Å². The lowest BCUT2D eigenvalue weighted by Crippen LogP contribution is -2.43. The first kappa shape index (κ1) is 25.5. The first-order valence-electron chi connectivity index (χ1n) is 9.99. The highest BCUT2D eigenvalue weighted by Gasteiger charge is 2.46. The lowest BCUT2D eigenvalue weighted by molar-refractivity contribution is -0.0546. The summed E-state index contributed by atoms with van der Waals surface area (Å²) in [5.74, 6) is 0. The second-order valence-electron chi connectivity index (χ2n) is 7.64. The first-order chi connectivity index (χ1) is 16.5. The van der Waals surface area contributed by atoms with Crippen LogP contribution in [0.3, 0.4) is 0 Å². The van der Waals surface area contributed by atoms with Gasteiger partial charge in [0.2, 0.25) is 0 Å². The molecule has 3 unspecified atom stereocenters. The quantitative estimate of drug-likeness (QED) is 0.280. The number of rotatable bonds is 8. The molecule has 15 nitrogen and oxygen atoms in total. The van der Waals surface area contributed by atoms with Gasteiger partial charge in [0.1, 0.15) is 24.0 Å². The Morgan fingerprint density at radius 2 is 1.97 bits per heavy atom. The molecule has 188 valence electrons. The van der Waals surface area contributed by atoms with Gasteiger partial charge in [0, 0.05) is 22.2 Å². The van der Waals surface area contributed by atoms with Crippen molar-refractivity contribution >= 4 is 27.0 Å². The van der Waals surface area contributed by atoms with Gasteiger partial charge in [-0.25, -0.2) is 9.36 Å². The van der Waals surface area contributed by atoms with Crippen molar-refractivity contribution in [3.63, 3.8) is 0 Å². The first-order valence-corrected chi connectivity index (χ1v) is 12.6. The molecule has 2 aromatic heterocycles. The summed E-state index contributed by atoms with van der Waals surface area (Å²) >= 11 is 0. The van der Waals surface area contributed by atoms with Gasteiger partial charge in [-0.15, -0.1) is 4.89 Å². The molecule has 0 amide bonds. The van der Waals surface area contributed by atoms with Crippen LogP contribution in [0.15, 0.2) is 44.6 Å². The maximum atomic E-state index is 13.1. The minimum Gasteiger partial charge on any atom is -0.387 e. The third-order valence-corrected chi connectivity index (χ3v) is 7.23. The van der Waals surface area contributed by atoms with Gasteiger partial charge >= 0.3 is 21.8 Å². The zero-order valence-corrected chi connectivity index (χ0v) is 19.7. The summed E-state index contributed by atoms with van der Waals surface area (Å²) in [6, 6.07) is 6.32. The molecule has 1 aliphatic rings. The Labute approximate surface area is 196 Å². The van der Waals surface area contributed by atoms with Crippen LogP contribution in [0.2, 0.25) is 0 Å². The Morgan fingerprint density at radius 1 is 1.23 bits per heavy atom. The van der Waals surface area contributed by atoms with Gasteiger partial charge in [0.25, 0.3) is 5.56 Å². The maximum Gasteiger partial charge on any atom is 0.705 e. The Morgan fingerprint density at radius 3 is 2.69 bits per heavy atom. The topological polar surface area (TPSA) is 213 Å². The second kappa shape index (κ2) is 9.82. The Kier molecular flexibility index (Phi) is 7.16. The van der Waals surface area contributed by atoms with Crippen LogP contribution >= 0.6 is 16.1 Å².